The third kappa shape index (κ3) is 5.63. The summed E-state index contributed by atoms with van der Waals surface area (Å²) in [6.45, 7) is 0. The molecule has 0 amide bonds. The first kappa shape index (κ1) is 29.5. The maximum atomic E-state index is 6.30. The van der Waals surface area contributed by atoms with E-state index >= 15 is 0 Å². The Kier molecular flexibility index (Phi) is 7.53. The highest BCUT2D eigenvalue weighted by Gasteiger charge is 2.13. The fourth-order valence-corrected chi connectivity index (χ4v) is 6.92. The van der Waals surface area contributed by atoms with Crippen molar-refractivity contribution in [2.24, 2.45) is 0 Å². The smallest absolute Gasteiger partial charge is 0.143 e. The van der Waals surface area contributed by atoms with Crippen LogP contribution < -0.4 is 5.32 Å². The van der Waals surface area contributed by atoms with Crippen LogP contribution in [-0.4, -0.2) is 0 Å². The molecule has 0 spiro atoms. The maximum Gasteiger partial charge on any atom is 0.143 e. The molecule has 1 aromatic heterocycles. The number of rotatable bonds is 7. The van der Waals surface area contributed by atoms with Crippen molar-refractivity contribution in [3.05, 3.63) is 194 Å². The molecule has 0 unspecified atom stereocenters. The Morgan fingerprint density at radius 3 is 1.52 bits per heavy atom. The number of benzene rings is 8. The number of fused-ring (bicyclic) bond motifs is 3. The molecule has 0 aliphatic rings. The van der Waals surface area contributed by atoms with Crippen molar-refractivity contribution >= 4 is 33.3 Å². The number of para-hydroxylation sites is 3. The van der Waals surface area contributed by atoms with E-state index in [0.717, 1.165) is 44.4 Å². The molecule has 0 aliphatic heterocycles. The Hall–Kier alpha value is -6.64. The van der Waals surface area contributed by atoms with Gasteiger partial charge in [0.05, 0.1) is 0 Å². The molecule has 0 radical (unpaired) electrons. The van der Waals surface area contributed by atoms with Crippen LogP contribution in [0.4, 0.5) is 11.4 Å². The van der Waals surface area contributed by atoms with E-state index in [1.165, 1.54) is 44.5 Å². The summed E-state index contributed by atoms with van der Waals surface area (Å²) in [5.41, 5.74) is 15.7. The zero-order valence-corrected chi connectivity index (χ0v) is 27.4. The maximum absolute atomic E-state index is 6.30. The van der Waals surface area contributed by atoms with Crippen molar-refractivity contribution in [3.8, 4) is 55.6 Å². The van der Waals surface area contributed by atoms with Gasteiger partial charge in [0.15, 0.2) is 0 Å². The van der Waals surface area contributed by atoms with Crippen LogP contribution in [0.1, 0.15) is 0 Å². The predicted octanol–water partition coefficient (Wildman–Crippen LogP) is 13.7. The fourth-order valence-electron chi connectivity index (χ4n) is 6.92. The summed E-state index contributed by atoms with van der Waals surface area (Å²) in [7, 11) is 0. The average Bonchev–Trinajstić information content (AvgIpc) is 3.58. The summed E-state index contributed by atoms with van der Waals surface area (Å²) in [6, 6.07) is 68.7. The Bertz CT molecular complexity index is 2580. The number of furan rings is 1. The average molecular weight is 640 g/mol. The van der Waals surface area contributed by atoms with Crippen LogP contribution in [0.2, 0.25) is 0 Å². The highest BCUT2D eigenvalue weighted by atomic mass is 16.3. The van der Waals surface area contributed by atoms with Gasteiger partial charge in [-0.2, -0.15) is 0 Å². The van der Waals surface area contributed by atoms with E-state index in [9.17, 15) is 0 Å². The molecule has 0 bridgehead atoms. The fraction of sp³-hybridized carbons (Fsp3) is 0. The van der Waals surface area contributed by atoms with Crippen LogP contribution in [0.3, 0.4) is 0 Å². The number of anilines is 2. The second-order valence-corrected chi connectivity index (χ2v) is 12.6. The van der Waals surface area contributed by atoms with Gasteiger partial charge in [0.25, 0.3) is 0 Å². The molecule has 9 rings (SSSR count). The van der Waals surface area contributed by atoms with Gasteiger partial charge in [0.1, 0.15) is 11.2 Å². The van der Waals surface area contributed by atoms with E-state index in [1.54, 1.807) is 0 Å². The van der Waals surface area contributed by atoms with Crippen molar-refractivity contribution < 1.29 is 4.42 Å². The van der Waals surface area contributed by atoms with E-state index in [0.29, 0.717) is 0 Å². The van der Waals surface area contributed by atoms with E-state index in [1.807, 2.05) is 18.2 Å². The number of hydrogen-bond acceptors (Lipinski definition) is 2. The molecule has 1 N–H and O–H groups in total. The molecule has 8 aromatic carbocycles. The lowest BCUT2D eigenvalue weighted by molar-refractivity contribution is 0.670. The second kappa shape index (κ2) is 12.8. The molecule has 50 heavy (non-hydrogen) atoms. The lowest BCUT2D eigenvalue weighted by Crippen LogP contribution is -1.94. The molecular weight excluding hydrogens is 607 g/mol. The van der Waals surface area contributed by atoms with Gasteiger partial charge in [0, 0.05) is 33.3 Å². The van der Waals surface area contributed by atoms with Crippen molar-refractivity contribution in [1.82, 2.24) is 0 Å². The first-order chi connectivity index (χ1) is 24.8. The summed E-state index contributed by atoms with van der Waals surface area (Å²) in [5.74, 6) is 0. The van der Waals surface area contributed by atoms with Gasteiger partial charge in [-0.05, 0) is 80.9 Å². The standard InChI is InChI=1S/C48H33NO/c1-3-11-36(12-4-1)45-32-40(29-30-46(45)49-41-15-5-2-6-16-41)35-23-21-33(22-24-35)38-13-9-14-39(31-38)34-25-27-37(28-26-34)42-18-10-19-44-43-17-7-8-20-47(43)50-48(42)44/h1-32,49H. The summed E-state index contributed by atoms with van der Waals surface area (Å²) in [4.78, 5) is 0. The minimum atomic E-state index is 0.919. The Labute approximate surface area is 291 Å². The third-order valence-corrected chi connectivity index (χ3v) is 9.50. The normalized spacial score (nSPS) is 11.2. The zero-order valence-electron chi connectivity index (χ0n) is 27.4. The quantitative estimate of drug-likeness (QED) is 0.188. The SMILES string of the molecule is c1ccc(Nc2ccc(-c3ccc(-c4cccc(-c5ccc(-c6cccc7c6oc6ccccc67)cc5)c4)cc3)cc2-c2ccccc2)cc1. The van der Waals surface area contributed by atoms with Crippen LogP contribution in [0.15, 0.2) is 199 Å². The number of hydrogen-bond donors (Lipinski definition) is 1. The summed E-state index contributed by atoms with van der Waals surface area (Å²) >= 11 is 0. The van der Waals surface area contributed by atoms with E-state index in [2.05, 4.69) is 181 Å². The van der Waals surface area contributed by atoms with Crippen LogP contribution in [0.5, 0.6) is 0 Å². The van der Waals surface area contributed by atoms with Crippen molar-refractivity contribution in [1.29, 1.82) is 0 Å². The molecule has 2 nitrogen and oxygen atoms in total. The molecule has 1 heterocycles. The van der Waals surface area contributed by atoms with Gasteiger partial charge in [0.2, 0.25) is 0 Å². The van der Waals surface area contributed by atoms with Crippen LogP contribution in [0.25, 0.3) is 77.6 Å². The molecule has 0 saturated carbocycles. The van der Waals surface area contributed by atoms with Crippen molar-refractivity contribution in [2.45, 2.75) is 0 Å². The van der Waals surface area contributed by atoms with Gasteiger partial charge in [-0.1, -0.05) is 158 Å². The minimum Gasteiger partial charge on any atom is -0.455 e. The lowest BCUT2D eigenvalue weighted by Gasteiger charge is -2.15. The molecule has 0 fully saturated rings. The van der Waals surface area contributed by atoms with Gasteiger partial charge in [-0.25, -0.2) is 0 Å². The highest BCUT2D eigenvalue weighted by Crippen LogP contribution is 2.38. The summed E-state index contributed by atoms with van der Waals surface area (Å²) in [6.07, 6.45) is 0. The summed E-state index contributed by atoms with van der Waals surface area (Å²) < 4.78 is 6.30. The molecule has 236 valence electrons. The van der Waals surface area contributed by atoms with Gasteiger partial charge >= 0.3 is 0 Å². The molecule has 0 saturated heterocycles. The third-order valence-electron chi connectivity index (χ3n) is 9.50. The first-order valence-electron chi connectivity index (χ1n) is 17.0. The minimum absolute atomic E-state index is 0.919. The van der Waals surface area contributed by atoms with Crippen molar-refractivity contribution in [3.63, 3.8) is 0 Å². The molecular formula is C48H33NO. The molecule has 2 heteroatoms. The molecule has 0 atom stereocenters. The van der Waals surface area contributed by atoms with Crippen LogP contribution in [-0.2, 0) is 0 Å². The van der Waals surface area contributed by atoms with Crippen LogP contribution in [0, 0.1) is 0 Å². The largest absolute Gasteiger partial charge is 0.455 e. The van der Waals surface area contributed by atoms with Gasteiger partial charge in [-0.3, -0.25) is 0 Å². The Balaban J connectivity index is 0.987. The summed E-state index contributed by atoms with van der Waals surface area (Å²) in [5, 5.41) is 5.92. The van der Waals surface area contributed by atoms with E-state index in [-0.39, 0.29) is 0 Å². The van der Waals surface area contributed by atoms with E-state index < -0.39 is 0 Å². The monoisotopic (exact) mass is 639 g/mol. The lowest BCUT2D eigenvalue weighted by atomic mass is 9.94. The Morgan fingerprint density at radius 1 is 0.320 bits per heavy atom. The van der Waals surface area contributed by atoms with Gasteiger partial charge < -0.3 is 9.73 Å². The van der Waals surface area contributed by atoms with E-state index in [4.69, 9.17) is 4.42 Å². The van der Waals surface area contributed by atoms with Gasteiger partial charge in [-0.15, -0.1) is 0 Å². The van der Waals surface area contributed by atoms with Crippen molar-refractivity contribution in [2.75, 3.05) is 5.32 Å². The number of nitrogens with one attached hydrogen (secondary N) is 1. The molecule has 0 aliphatic carbocycles. The first-order valence-corrected chi connectivity index (χ1v) is 17.0. The Morgan fingerprint density at radius 2 is 0.820 bits per heavy atom. The molecule has 9 aromatic rings. The topological polar surface area (TPSA) is 25.2 Å². The second-order valence-electron chi connectivity index (χ2n) is 12.6. The predicted molar refractivity (Wildman–Crippen MR) is 211 cm³/mol. The highest BCUT2D eigenvalue weighted by molar-refractivity contribution is 6.09. The zero-order chi connectivity index (χ0) is 33.3. The van der Waals surface area contributed by atoms with Crippen LogP contribution >= 0.6 is 0 Å².